The Morgan fingerprint density at radius 1 is 0.972 bits per heavy atom. The Kier molecular flexibility index (Phi) is 5.67. The predicted octanol–water partition coefficient (Wildman–Crippen LogP) is 1.86. The second-order valence-corrected chi connectivity index (χ2v) is 8.35. The van der Waals surface area contributed by atoms with Gasteiger partial charge in [0.1, 0.15) is 5.75 Å². The largest absolute Gasteiger partial charge is 0.497 e. The summed E-state index contributed by atoms with van der Waals surface area (Å²) in [5.41, 5.74) is 1.74. The van der Waals surface area contributed by atoms with Crippen LogP contribution < -0.4 is 24.8 Å². The summed E-state index contributed by atoms with van der Waals surface area (Å²) in [6, 6.07) is 11.8. The number of ether oxygens (including phenoxy) is 3. The molecule has 3 heterocycles. The summed E-state index contributed by atoms with van der Waals surface area (Å²) in [5.74, 6) is 0.118. The smallest absolute Gasteiger partial charge is 0.322 e. The summed E-state index contributed by atoms with van der Waals surface area (Å²) in [6.07, 6.45) is 1.58. The van der Waals surface area contributed by atoms with Crippen LogP contribution in [0.25, 0.3) is 11.1 Å². The van der Waals surface area contributed by atoms with Gasteiger partial charge in [-0.1, -0.05) is 30.3 Å². The highest BCUT2D eigenvalue weighted by atomic mass is 16.5. The summed E-state index contributed by atoms with van der Waals surface area (Å²) >= 11 is 0. The van der Waals surface area contributed by atoms with E-state index in [9.17, 15) is 14.4 Å². The molecule has 1 saturated heterocycles. The van der Waals surface area contributed by atoms with Crippen LogP contribution in [-0.2, 0) is 16.9 Å². The van der Waals surface area contributed by atoms with Gasteiger partial charge >= 0.3 is 12.0 Å². The van der Waals surface area contributed by atoms with Crippen LogP contribution in [0.3, 0.4) is 0 Å². The Hall–Kier alpha value is -4.67. The molecule has 0 bridgehead atoms. The maximum absolute atomic E-state index is 13.2. The first kappa shape index (κ1) is 23.1. The number of benzene rings is 2. The molecule has 11 nitrogen and oxygen atoms in total. The number of rotatable bonds is 7. The Morgan fingerprint density at radius 3 is 2.39 bits per heavy atom. The Balaban J connectivity index is 1.48. The lowest BCUT2D eigenvalue weighted by Crippen LogP contribution is -2.52. The fourth-order valence-corrected chi connectivity index (χ4v) is 4.52. The van der Waals surface area contributed by atoms with Crippen LogP contribution in [0.5, 0.6) is 17.6 Å². The zero-order valence-electron chi connectivity index (χ0n) is 19.8. The fourth-order valence-electron chi connectivity index (χ4n) is 4.52. The molecule has 1 atom stereocenters. The first-order chi connectivity index (χ1) is 17.4. The summed E-state index contributed by atoms with van der Waals surface area (Å²) in [7, 11) is 4.49. The third-order valence-corrected chi connectivity index (χ3v) is 6.36. The van der Waals surface area contributed by atoms with E-state index in [1.54, 1.807) is 47.5 Å². The number of nitrogens with one attached hydrogen (secondary N) is 2. The molecule has 1 fully saturated rings. The molecule has 36 heavy (non-hydrogen) atoms. The normalized spacial score (nSPS) is 18.5. The van der Waals surface area contributed by atoms with Crippen LogP contribution in [0.2, 0.25) is 0 Å². The van der Waals surface area contributed by atoms with Crippen molar-refractivity contribution in [3.05, 3.63) is 65.4 Å². The molecular formula is C25H23N5O6. The monoisotopic (exact) mass is 489 g/mol. The number of imide groups is 1. The van der Waals surface area contributed by atoms with Crippen molar-refractivity contribution in [3.8, 4) is 28.8 Å². The van der Waals surface area contributed by atoms with Crippen LogP contribution in [0.15, 0.2) is 48.7 Å². The van der Waals surface area contributed by atoms with Gasteiger partial charge in [0.05, 0.1) is 33.4 Å². The Labute approximate surface area is 206 Å². The average Bonchev–Trinajstić information content (AvgIpc) is 3.37. The van der Waals surface area contributed by atoms with Crippen molar-refractivity contribution in [1.82, 2.24) is 25.5 Å². The van der Waals surface area contributed by atoms with E-state index in [1.807, 2.05) is 6.07 Å². The van der Waals surface area contributed by atoms with E-state index in [4.69, 9.17) is 14.2 Å². The number of hydrogen-bond acceptors (Lipinski definition) is 8. The van der Waals surface area contributed by atoms with Gasteiger partial charge in [0, 0.05) is 18.3 Å². The molecule has 0 saturated carbocycles. The Bertz CT molecular complexity index is 1380. The van der Waals surface area contributed by atoms with Gasteiger partial charge in [-0.25, -0.2) is 9.78 Å². The first-order valence-electron chi connectivity index (χ1n) is 11.0. The highest BCUT2D eigenvalue weighted by molar-refractivity contribution is 6.08. The molecule has 2 N–H and O–H groups in total. The van der Waals surface area contributed by atoms with Gasteiger partial charge in [-0.15, -0.1) is 0 Å². The molecule has 0 aliphatic carbocycles. The van der Waals surface area contributed by atoms with Gasteiger partial charge < -0.3 is 24.4 Å². The van der Waals surface area contributed by atoms with E-state index in [0.29, 0.717) is 34.9 Å². The van der Waals surface area contributed by atoms with Crippen molar-refractivity contribution in [2.75, 3.05) is 27.9 Å². The number of methoxy groups -OCH3 is 3. The van der Waals surface area contributed by atoms with Crippen molar-refractivity contribution in [2.45, 2.75) is 12.1 Å². The van der Waals surface area contributed by atoms with Crippen LogP contribution in [0, 0.1) is 0 Å². The zero-order valence-corrected chi connectivity index (χ0v) is 19.8. The van der Waals surface area contributed by atoms with Crippen LogP contribution in [-0.4, -0.2) is 60.6 Å². The number of aromatic nitrogens is 2. The summed E-state index contributed by atoms with van der Waals surface area (Å²) < 4.78 is 15.7. The maximum atomic E-state index is 13.2. The number of hydrogen-bond donors (Lipinski definition) is 2. The molecule has 2 aromatic carbocycles. The van der Waals surface area contributed by atoms with E-state index in [0.717, 1.165) is 11.1 Å². The van der Waals surface area contributed by atoms with Crippen LogP contribution >= 0.6 is 0 Å². The summed E-state index contributed by atoms with van der Waals surface area (Å²) in [4.78, 5) is 48.4. The number of carbonyl (C=O) groups excluding carboxylic acids is 3. The van der Waals surface area contributed by atoms with Crippen molar-refractivity contribution in [1.29, 1.82) is 0 Å². The van der Waals surface area contributed by atoms with Crippen LogP contribution in [0.4, 0.5) is 4.79 Å². The van der Waals surface area contributed by atoms with E-state index >= 15 is 0 Å². The lowest BCUT2D eigenvalue weighted by atomic mass is 9.88. The zero-order chi connectivity index (χ0) is 25.4. The standard InChI is InChI=1S/C25H23N5O6/c1-34-17-9-6-15-12-30(21(31)18(15)10-17)13-25(22(32)28-23(33)29-25)16-7-4-14(5-8-16)19-11-26-24(36-3)27-20(19)35-2/h4-11H,12-13H2,1-3H3,(H2,28,29,32,33)/t25-/m0/s1. The number of nitrogens with zero attached hydrogens (tertiary/aromatic N) is 3. The second kappa shape index (κ2) is 8.84. The fraction of sp³-hybridized carbons (Fsp3) is 0.240. The van der Waals surface area contributed by atoms with Gasteiger partial charge in [-0.3, -0.25) is 14.9 Å². The molecule has 2 aliphatic heterocycles. The molecule has 0 unspecified atom stereocenters. The lowest BCUT2D eigenvalue weighted by molar-refractivity contribution is -0.124. The van der Waals surface area contributed by atoms with Crippen molar-refractivity contribution >= 4 is 17.8 Å². The third kappa shape index (κ3) is 3.74. The van der Waals surface area contributed by atoms with Crippen molar-refractivity contribution < 1.29 is 28.6 Å². The number of amides is 4. The Morgan fingerprint density at radius 2 is 1.75 bits per heavy atom. The van der Waals surface area contributed by atoms with Crippen LogP contribution in [0.1, 0.15) is 21.5 Å². The highest BCUT2D eigenvalue weighted by Gasteiger charge is 2.50. The molecule has 4 amide bonds. The van der Waals surface area contributed by atoms with Gasteiger partial charge in [-0.2, -0.15) is 4.98 Å². The third-order valence-electron chi connectivity index (χ3n) is 6.36. The first-order valence-corrected chi connectivity index (χ1v) is 11.0. The molecule has 2 aliphatic rings. The number of carbonyl (C=O) groups is 3. The SMILES string of the molecule is COc1ccc2c(c1)C(=O)N(C[C@@]1(c3ccc(-c4cnc(OC)nc4OC)cc3)NC(=O)NC1=O)C2. The molecule has 5 rings (SSSR count). The minimum Gasteiger partial charge on any atom is -0.497 e. The van der Waals surface area contributed by atoms with E-state index in [1.165, 1.54) is 21.3 Å². The van der Waals surface area contributed by atoms with E-state index in [2.05, 4.69) is 20.6 Å². The predicted molar refractivity (Wildman–Crippen MR) is 127 cm³/mol. The molecule has 3 aromatic rings. The average molecular weight is 489 g/mol. The van der Waals surface area contributed by atoms with Gasteiger partial charge in [-0.05, 0) is 28.8 Å². The number of fused-ring (bicyclic) bond motifs is 1. The molecule has 184 valence electrons. The highest BCUT2D eigenvalue weighted by Crippen LogP contribution is 2.34. The van der Waals surface area contributed by atoms with Gasteiger partial charge in [0.15, 0.2) is 5.54 Å². The number of urea groups is 1. The summed E-state index contributed by atoms with van der Waals surface area (Å²) in [6.45, 7) is 0.260. The van der Waals surface area contributed by atoms with E-state index in [-0.39, 0.29) is 18.5 Å². The van der Waals surface area contributed by atoms with Crippen molar-refractivity contribution in [3.63, 3.8) is 0 Å². The molecule has 1 aromatic heterocycles. The topological polar surface area (TPSA) is 132 Å². The van der Waals surface area contributed by atoms with E-state index < -0.39 is 17.5 Å². The molecule has 11 heteroatoms. The molecule has 0 spiro atoms. The summed E-state index contributed by atoms with van der Waals surface area (Å²) in [5, 5.41) is 5.05. The molecular weight excluding hydrogens is 466 g/mol. The quantitative estimate of drug-likeness (QED) is 0.481. The lowest BCUT2D eigenvalue weighted by Gasteiger charge is -2.31. The second-order valence-electron chi connectivity index (χ2n) is 8.35. The van der Waals surface area contributed by atoms with Crippen molar-refractivity contribution in [2.24, 2.45) is 0 Å². The molecule has 0 radical (unpaired) electrons. The maximum Gasteiger partial charge on any atom is 0.322 e. The minimum atomic E-state index is -1.46. The van der Waals surface area contributed by atoms with Gasteiger partial charge in [0.25, 0.3) is 11.8 Å². The minimum absolute atomic E-state index is 0.0469. The van der Waals surface area contributed by atoms with Gasteiger partial charge in [0.2, 0.25) is 5.88 Å².